The molecule has 2 aromatic rings. The van der Waals surface area contributed by atoms with Gasteiger partial charge in [-0.2, -0.15) is 0 Å². The van der Waals surface area contributed by atoms with E-state index in [4.69, 9.17) is 4.42 Å². The molecule has 0 bridgehead atoms. The lowest BCUT2D eigenvalue weighted by Gasteiger charge is -2.18. The monoisotopic (exact) mass is 350 g/mol. The highest BCUT2D eigenvalue weighted by Crippen LogP contribution is 2.22. The van der Waals surface area contributed by atoms with Crippen LogP contribution in [-0.4, -0.2) is 45.9 Å². The lowest BCUT2D eigenvalue weighted by atomic mass is 10.3. The maximum absolute atomic E-state index is 12.4. The molecule has 24 heavy (non-hydrogen) atoms. The topological polar surface area (TPSA) is 80.4 Å². The number of nitrogens with zero attached hydrogens (tertiary/aromatic N) is 3. The molecule has 0 aliphatic carbocycles. The maximum atomic E-state index is 12.4. The number of carbonyl (C=O) groups excluding carboxylic acids is 2. The molecule has 1 N–H and O–H groups in total. The molecule has 0 saturated carbocycles. The van der Waals surface area contributed by atoms with Gasteiger partial charge in [-0.25, -0.2) is 4.98 Å². The normalized spacial score (nSPS) is 10.6. The number of nitrogens with one attached hydrogen (secondary N) is 1. The van der Waals surface area contributed by atoms with Crippen molar-refractivity contribution in [3.05, 3.63) is 36.0 Å². The molecular formula is C16H22N4O3S. The Morgan fingerprint density at radius 2 is 2.17 bits per heavy atom. The van der Waals surface area contributed by atoms with E-state index in [1.165, 1.54) is 16.7 Å². The molecule has 2 aromatic heterocycles. The first-order valence-electron chi connectivity index (χ1n) is 7.80. The van der Waals surface area contributed by atoms with Gasteiger partial charge in [0.1, 0.15) is 5.76 Å². The van der Waals surface area contributed by atoms with Crippen LogP contribution in [0.2, 0.25) is 0 Å². The van der Waals surface area contributed by atoms with E-state index in [9.17, 15) is 9.59 Å². The minimum absolute atomic E-state index is 0.0290. The number of hydrogen-bond donors (Lipinski definition) is 1. The molecule has 0 aliphatic rings. The van der Waals surface area contributed by atoms with Gasteiger partial charge in [0, 0.05) is 32.5 Å². The van der Waals surface area contributed by atoms with E-state index in [2.05, 4.69) is 10.3 Å². The molecule has 0 radical (unpaired) electrons. The third-order valence-electron chi connectivity index (χ3n) is 3.37. The summed E-state index contributed by atoms with van der Waals surface area (Å²) in [7, 11) is 1.92. The molecule has 0 aromatic carbocycles. The van der Waals surface area contributed by atoms with Gasteiger partial charge in [0.05, 0.1) is 12.3 Å². The van der Waals surface area contributed by atoms with Gasteiger partial charge in [-0.15, -0.1) is 0 Å². The van der Waals surface area contributed by atoms with Gasteiger partial charge < -0.3 is 19.2 Å². The van der Waals surface area contributed by atoms with E-state index < -0.39 is 0 Å². The number of carbonyl (C=O) groups is 2. The number of amides is 2. The highest BCUT2D eigenvalue weighted by molar-refractivity contribution is 7.98. The summed E-state index contributed by atoms with van der Waals surface area (Å²) in [6.45, 7) is 4.68. The van der Waals surface area contributed by atoms with E-state index in [-0.39, 0.29) is 24.1 Å². The molecule has 0 unspecified atom stereocenters. The molecule has 0 fully saturated rings. The number of aromatic nitrogens is 2. The summed E-state index contributed by atoms with van der Waals surface area (Å²) in [5.74, 6) is 1.07. The SMILES string of the molecule is CCNC(=O)CN(CC)C(=O)c1ccc(CSc2nccn2C)o1. The van der Waals surface area contributed by atoms with Crippen LogP contribution >= 0.6 is 11.8 Å². The van der Waals surface area contributed by atoms with E-state index in [0.717, 1.165) is 5.16 Å². The van der Waals surface area contributed by atoms with E-state index in [0.29, 0.717) is 24.6 Å². The Morgan fingerprint density at radius 3 is 2.79 bits per heavy atom. The predicted octanol–water partition coefficient (Wildman–Crippen LogP) is 1.90. The third-order valence-corrected chi connectivity index (χ3v) is 4.45. The Labute approximate surface area is 145 Å². The summed E-state index contributed by atoms with van der Waals surface area (Å²) in [5, 5.41) is 3.57. The summed E-state index contributed by atoms with van der Waals surface area (Å²) in [4.78, 5) is 29.8. The second kappa shape index (κ2) is 8.58. The molecule has 2 heterocycles. The first kappa shape index (κ1) is 18.1. The Bertz CT molecular complexity index is 695. The van der Waals surface area contributed by atoms with Crippen molar-refractivity contribution in [2.24, 2.45) is 7.05 Å². The maximum Gasteiger partial charge on any atom is 0.290 e. The number of furan rings is 1. The summed E-state index contributed by atoms with van der Waals surface area (Å²) < 4.78 is 7.55. The van der Waals surface area contributed by atoms with Crippen LogP contribution < -0.4 is 5.32 Å². The zero-order valence-electron chi connectivity index (χ0n) is 14.1. The minimum atomic E-state index is -0.281. The highest BCUT2D eigenvalue weighted by atomic mass is 32.2. The number of aryl methyl sites for hydroxylation is 1. The molecule has 0 aliphatic heterocycles. The van der Waals surface area contributed by atoms with E-state index in [1.807, 2.05) is 31.7 Å². The first-order chi connectivity index (χ1) is 11.5. The lowest BCUT2D eigenvalue weighted by Crippen LogP contribution is -2.40. The summed E-state index contributed by atoms with van der Waals surface area (Å²) in [5.41, 5.74) is 0. The van der Waals surface area contributed by atoms with Crippen LogP contribution in [0.5, 0.6) is 0 Å². The van der Waals surface area contributed by atoms with E-state index in [1.54, 1.807) is 18.3 Å². The fraction of sp³-hybridized carbons (Fsp3) is 0.438. The van der Waals surface area contributed by atoms with Crippen molar-refractivity contribution >= 4 is 23.6 Å². The number of rotatable bonds is 8. The van der Waals surface area contributed by atoms with Gasteiger partial charge >= 0.3 is 0 Å². The number of likely N-dealkylation sites (N-methyl/N-ethyl adjacent to an activating group) is 2. The Morgan fingerprint density at radius 1 is 1.38 bits per heavy atom. The van der Waals surface area contributed by atoms with Crippen LogP contribution in [0, 0.1) is 0 Å². The Hall–Kier alpha value is -2.22. The highest BCUT2D eigenvalue weighted by Gasteiger charge is 2.20. The number of imidazole rings is 1. The zero-order chi connectivity index (χ0) is 17.5. The van der Waals surface area contributed by atoms with Gasteiger partial charge in [0.25, 0.3) is 5.91 Å². The van der Waals surface area contributed by atoms with Gasteiger partial charge in [-0.3, -0.25) is 9.59 Å². The fourth-order valence-electron chi connectivity index (χ4n) is 2.11. The first-order valence-corrected chi connectivity index (χ1v) is 8.78. The Balaban J connectivity index is 1.96. The smallest absolute Gasteiger partial charge is 0.290 e. The predicted molar refractivity (Wildman–Crippen MR) is 91.7 cm³/mol. The van der Waals surface area contributed by atoms with Gasteiger partial charge in [-0.1, -0.05) is 11.8 Å². The minimum Gasteiger partial charge on any atom is -0.455 e. The average molecular weight is 350 g/mol. The molecule has 2 amide bonds. The van der Waals surface area contributed by atoms with Gasteiger partial charge in [-0.05, 0) is 26.0 Å². The quantitative estimate of drug-likeness (QED) is 0.736. The van der Waals surface area contributed by atoms with Crippen molar-refractivity contribution in [2.75, 3.05) is 19.6 Å². The van der Waals surface area contributed by atoms with Crippen LogP contribution in [0.4, 0.5) is 0 Å². The zero-order valence-corrected chi connectivity index (χ0v) is 14.9. The summed E-state index contributed by atoms with van der Waals surface area (Å²) >= 11 is 1.53. The van der Waals surface area contributed by atoms with Crippen LogP contribution in [-0.2, 0) is 17.6 Å². The van der Waals surface area contributed by atoms with Crippen molar-refractivity contribution in [3.8, 4) is 0 Å². The summed E-state index contributed by atoms with van der Waals surface area (Å²) in [6, 6.07) is 3.43. The second-order valence-corrected chi connectivity index (χ2v) is 6.09. The van der Waals surface area contributed by atoms with Gasteiger partial charge in [0.2, 0.25) is 5.91 Å². The third kappa shape index (κ3) is 4.64. The molecule has 2 rings (SSSR count). The molecule has 0 saturated heterocycles. The lowest BCUT2D eigenvalue weighted by molar-refractivity contribution is -0.121. The van der Waals surface area contributed by atoms with Crippen molar-refractivity contribution in [3.63, 3.8) is 0 Å². The molecule has 8 heteroatoms. The Kier molecular flexibility index (Phi) is 6.48. The number of hydrogen-bond acceptors (Lipinski definition) is 5. The van der Waals surface area contributed by atoms with Crippen LogP contribution in [0.1, 0.15) is 30.2 Å². The van der Waals surface area contributed by atoms with Crippen LogP contribution in [0.25, 0.3) is 0 Å². The van der Waals surface area contributed by atoms with Crippen molar-refractivity contribution < 1.29 is 14.0 Å². The van der Waals surface area contributed by atoms with Crippen molar-refractivity contribution in [2.45, 2.75) is 24.8 Å². The van der Waals surface area contributed by atoms with Gasteiger partial charge in [0.15, 0.2) is 10.9 Å². The van der Waals surface area contributed by atoms with Crippen LogP contribution in [0.15, 0.2) is 34.1 Å². The molecule has 130 valence electrons. The molecular weight excluding hydrogens is 328 g/mol. The number of thioether (sulfide) groups is 1. The van der Waals surface area contributed by atoms with E-state index >= 15 is 0 Å². The fourth-order valence-corrected chi connectivity index (χ4v) is 2.93. The second-order valence-electron chi connectivity index (χ2n) is 5.15. The molecule has 0 spiro atoms. The van der Waals surface area contributed by atoms with Crippen molar-refractivity contribution in [1.82, 2.24) is 19.8 Å². The van der Waals surface area contributed by atoms with Crippen molar-refractivity contribution in [1.29, 1.82) is 0 Å². The molecule has 7 nitrogen and oxygen atoms in total. The standard InChI is InChI=1S/C16H22N4O3S/c1-4-17-14(21)10-20(5-2)15(22)13-7-6-12(23-13)11-24-16-18-8-9-19(16)3/h6-9H,4-5,10-11H2,1-3H3,(H,17,21). The summed E-state index contributed by atoms with van der Waals surface area (Å²) in [6.07, 6.45) is 3.61. The largest absolute Gasteiger partial charge is 0.455 e. The average Bonchev–Trinajstić information content (AvgIpc) is 3.19. The van der Waals surface area contributed by atoms with Crippen LogP contribution in [0.3, 0.4) is 0 Å². The molecule has 0 atom stereocenters.